The van der Waals surface area contributed by atoms with E-state index in [0.29, 0.717) is 5.39 Å². The Morgan fingerprint density at radius 2 is 1.70 bits per heavy atom. The van der Waals surface area contributed by atoms with Crippen LogP contribution in [0.1, 0.15) is 5.56 Å². The largest absolute Gasteiger partial charge is 0.461 e. The normalized spacial score (nSPS) is 27.8. The summed E-state index contributed by atoms with van der Waals surface area (Å²) in [5, 5.41) is 40.5. The molecular formula is C20H19F3O7. The van der Waals surface area contributed by atoms with Crippen LogP contribution in [0.4, 0.5) is 13.2 Å². The molecular weight excluding hydrogens is 409 g/mol. The average Bonchev–Trinajstić information content (AvgIpc) is 2.72. The molecule has 0 bridgehead atoms. The summed E-state index contributed by atoms with van der Waals surface area (Å²) in [4.78, 5) is 11.6. The van der Waals surface area contributed by atoms with Crippen LogP contribution < -0.4 is 0 Å². The Morgan fingerprint density at radius 3 is 2.33 bits per heavy atom. The van der Waals surface area contributed by atoms with Gasteiger partial charge in [0.25, 0.3) is 5.78 Å². The Kier molecular flexibility index (Phi) is 6.44. The van der Waals surface area contributed by atoms with E-state index in [0.717, 1.165) is 5.39 Å². The van der Waals surface area contributed by atoms with Gasteiger partial charge in [0.2, 0.25) is 6.29 Å². The van der Waals surface area contributed by atoms with E-state index in [2.05, 4.69) is 0 Å². The lowest BCUT2D eigenvalue weighted by Gasteiger charge is -2.39. The first-order chi connectivity index (χ1) is 14.1. The molecule has 1 saturated heterocycles. The van der Waals surface area contributed by atoms with Crippen LogP contribution in [0, 0.1) is 0 Å². The monoisotopic (exact) mass is 428 g/mol. The van der Waals surface area contributed by atoms with Crippen molar-refractivity contribution in [1.29, 1.82) is 0 Å². The molecule has 162 valence electrons. The lowest BCUT2D eigenvalue weighted by Crippen LogP contribution is -2.59. The molecule has 0 aliphatic carbocycles. The van der Waals surface area contributed by atoms with Crippen molar-refractivity contribution in [2.45, 2.75) is 36.9 Å². The van der Waals surface area contributed by atoms with Crippen LogP contribution in [-0.4, -0.2) is 69.7 Å². The zero-order valence-corrected chi connectivity index (χ0v) is 15.4. The van der Waals surface area contributed by atoms with E-state index in [-0.39, 0.29) is 11.6 Å². The molecule has 0 aromatic heterocycles. The summed E-state index contributed by atoms with van der Waals surface area (Å²) in [6, 6.07) is 11.5. The molecule has 10 heteroatoms. The first-order valence-electron chi connectivity index (χ1n) is 8.91. The molecule has 3 rings (SSSR count). The molecule has 0 saturated carbocycles. The second-order valence-electron chi connectivity index (χ2n) is 6.75. The van der Waals surface area contributed by atoms with Gasteiger partial charge in [0.15, 0.2) is 0 Å². The molecule has 5 atom stereocenters. The number of ketones is 1. The third kappa shape index (κ3) is 4.63. The summed E-state index contributed by atoms with van der Waals surface area (Å²) in [6.45, 7) is -0.749. The fraction of sp³-hybridized carbons (Fsp3) is 0.350. The van der Waals surface area contributed by atoms with Gasteiger partial charge in [-0.15, -0.1) is 0 Å². The number of aliphatic hydroxyl groups excluding tert-OH is 4. The number of hydrogen-bond donors (Lipinski definition) is 4. The van der Waals surface area contributed by atoms with Gasteiger partial charge in [-0.05, 0) is 16.8 Å². The topological polar surface area (TPSA) is 116 Å². The van der Waals surface area contributed by atoms with Crippen LogP contribution >= 0.6 is 0 Å². The summed E-state index contributed by atoms with van der Waals surface area (Å²) in [6.07, 6.45) is -13.4. The second-order valence-corrected chi connectivity index (χ2v) is 6.75. The van der Waals surface area contributed by atoms with Gasteiger partial charge in [-0.25, -0.2) is 0 Å². The molecule has 1 unspecified atom stereocenters. The number of aliphatic hydroxyl groups is 4. The highest BCUT2D eigenvalue weighted by atomic mass is 19.4. The van der Waals surface area contributed by atoms with Gasteiger partial charge in [0.1, 0.15) is 30.2 Å². The fourth-order valence-corrected chi connectivity index (χ4v) is 3.02. The fourth-order valence-electron chi connectivity index (χ4n) is 3.02. The maximum atomic E-state index is 12.8. The van der Waals surface area contributed by atoms with Crippen molar-refractivity contribution in [3.8, 4) is 0 Å². The number of carbonyl (C=O) groups is 1. The van der Waals surface area contributed by atoms with E-state index in [1.165, 1.54) is 12.1 Å². The number of benzene rings is 2. The number of fused-ring (bicyclic) bond motifs is 1. The van der Waals surface area contributed by atoms with Gasteiger partial charge in [-0.3, -0.25) is 4.79 Å². The first-order valence-corrected chi connectivity index (χ1v) is 8.91. The Hall–Kier alpha value is -2.50. The third-order valence-corrected chi connectivity index (χ3v) is 4.67. The first kappa shape index (κ1) is 22.2. The van der Waals surface area contributed by atoms with Crippen molar-refractivity contribution < 1.29 is 47.9 Å². The van der Waals surface area contributed by atoms with Crippen molar-refractivity contribution in [2.75, 3.05) is 6.61 Å². The van der Waals surface area contributed by atoms with E-state index < -0.39 is 55.0 Å². The number of hydrogen-bond acceptors (Lipinski definition) is 7. The van der Waals surface area contributed by atoms with Crippen LogP contribution in [0.15, 0.2) is 48.5 Å². The van der Waals surface area contributed by atoms with E-state index in [9.17, 15) is 38.4 Å². The van der Waals surface area contributed by atoms with Gasteiger partial charge in [0, 0.05) is 11.6 Å². The average molecular weight is 428 g/mol. The molecule has 2 aromatic rings. The van der Waals surface area contributed by atoms with Crippen molar-refractivity contribution >= 4 is 22.3 Å². The highest BCUT2D eigenvalue weighted by molar-refractivity contribution is 6.00. The van der Waals surface area contributed by atoms with Crippen LogP contribution in [0.5, 0.6) is 0 Å². The minimum Gasteiger partial charge on any atom is -0.461 e. The van der Waals surface area contributed by atoms with Gasteiger partial charge in [0.05, 0.1) is 6.61 Å². The lowest BCUT2D eigenvalue weighted by atomic mass is 9.99. The maximum absolute atomic E-state index is 12.8. The molecule has 7 nitrogen and oxygen atoms in total. The zero-order chi connectivity index (χ0) is 22.1. The summed E-state index contributed by atoms with van der Waals surface area (Å²) in [5.74, 6) is -2.76. The van der Waals surface area contributed by atoms with Crippen molar-refractivity contribution in [3.05, 3.63) is 54.1 Å². The molecule has 1 aliphatic rings. The number of allylic oxidation sites excluding steroid dienone is 1. The molecule has 2 aromatic carbocycles. The van der Waals surface area contributed by atoms with E-state index in [1.807, 2.05) is 0 Å². The summed E-state index contributed by atoms with van der Waals surface area (Å²) in [5.41, 5.74) is 0.0864. The molecule has 1 aliphatic heterocycles. The third-order valence-electron chi connectivity index (χ3n) is 4.67. The summed E-state index contributed by atoms with van der Waals surface area (Å²) >= 11 is 0. The molecule has 30 heavy (non-hydrogen) atoms. The Bertz CT molecular complexity index is 941. The van der Waals surface area contributed by atoms with Crippen LogP contribution in [-0.2, 0) is 14.3 Å². The highest BCUT2D eigenvalue weighted by Crippen LogP contribution is 2.30. The number of rotatable bonds is 5. The molecule has 1 fully saturated rings. The lowest BCUT2D eigenvalue weighted by molar-refractivity contribution is -0.284. The minimum absolute atomic E-state index is 0.0864. The maximum Gasteiger partial charge on any atom is 0.454 e. The zero-order valence-electron chi connectivity index (χ0n) is 15.4. The molecule has 0 radical (unpaired) electrons. The highest BCUT2D eigenvalue weighted by Gasteiger charge is 2.45. The van der Waals surface area contributed by atoms with Crippen molar-refractivity contribution in [2.24, 2.45) is 0 Å². The van der Waals surface area contributed by atoms with Gasteiger partial charge >= 0.3 is 6.18 Å². The van der Waals surface area contributed by atoms with E-state index in [4.69, 9.17) is 9.47 Å². The van der Waals surface area contributed by atoms with Crippen LogP contribution in [0.2, 0.25) is 0 Å². The second kappa shape index (κ2) is 8.70. The van der Waals surface area contributed by atoms with Crippen molar-refractivity contribution in [1.82, 2.24) is 0 Å². The number of halogens is 3. The molecule has 0 amide bonds. The molecule has 4 N–H and O–H groups in total. The Balaban J connectivity index is 1.99. The number of carbonyl (C=O) groups excluding carboxylic acids is 1. The minimum atomic E-state index is -5.17. The number of ether oxygens (including phenoxy) is 2. The standard InChI is InChI=1S/C20H19F3O7/c21-20(22,23)15(25)8-13(12-6-5-10-3-1-2-4-11(10)7-12)29-19-18(28)17(27)16(26)14(9-24)30-19/h1-8,14,16-19,24,26-28H,9H2/b13-8-/t14-,16+,17+,18-,19?/m1/s1. The van der Waals surface area contributed by atoms with Gasteiger partial charge in [-0.1, -0.05) is 36.4 Å². The smallest absolute Gasteiger partial charge is 0.454 e. The van der Waals surface area contributed by atoms with Gasteiger partial charge in [-0.2, -0.15) is 13.2 Å². The molecule has 0 spiro atoms. The van der Waals surface area contributed by atoms with Crippen molar-refractivity contribution in [3.63, 3.8) is 0 Å². The summed E-state index contributed by atoms with van der Waals surface area (Å²) < 4.78 is 49.0. The Morgan fingerprint density at radius 1 is 1.03 bits per heavy atom. The van der Waals surface area contributed by atoms with E-state index in [1.54, 1.807) is 30.3 Å². The van der Waals surface area contributed by atoms with E-state index >= 15 is 0 Å². The van der Waals surface area contributed by atoms with Gasteiger partial charge < -0.3 is 29.9 Å². The Labute approximate surface area is 168 Å². The number of alkyl halides is 3. The quantitative estimate of drug-likeness (QED) is 0.417. The SMILES string of the molecule is O=C(/C=C(\OC1O[C@H](CO)[C@H](O)[C@H](O)[C@H]1O)c1ccc2ccccc2c1)C(F)(F)F. The predicted octanol–water partition coefficient (Wildman–Crippen LogP) is 1.13. The van der Waals surface area contributed by atoms with Crippen LogP contribution in [0.3, 0.4) is 0 Å². The van der Waals surface area contributed by atoms with Crippen LogP contribution in [0.25, 0.3) is 16.5 Å². The molecule has 1 heterocycles. The predicted molar refractivity (Wildman–Crippen MR) is 97.8 cm³/mol. The summed E-state index contributed by atoms with van der Waals surface area (Å²) in [7, 11) is 0.